The van der Waals surface area contributed by atoms with Gasteiger partial charge in [0.25, 0.3) is 0 Å². The average Bonchev–Trinajstić information content (AvgIpc) is 2.88. The molecule has 0 aliphatic carbocycles. The highest BCUT2D eigenvalue weighted by Crippen LogP contribution is 2.16. The van der Waals surface area contributed by atoms with Gasteiger partial charge in [-0.2, -0.15) is 15.0 Å². The smallest absolute Gasteiger partial charge is 0.241 e. The fraction of sp³-hybridized carbons (Fsp3) is 0.455. The lowest BCUT2D eigenvalue weighted by molar-refractivity contribution is 0.559. The third-order valence-corrected chi connectivity index (χ3v) is 5.20. The number of sulfone groups is 1. The molecular formula is C11H17N7O2S. The minimum atomic E-state index is -3.22. The maximum atomic E-state index is 11.7. The zero-order valence-electron chi connectivity index (χ0n) is 12.0. The van der Waals surface area contributed by atoms with Gasteiger partial charge in [-0.15, -0.1) is 0 Å². The molecule has 0 amide bonds. The van der Waals surface area contributed by atoms with E-state index in [4.69, 9.17) is 5.73 Å². The quantitative estimate of drug-likeness (QED) is 0.781. The molecule has 2 heterocycles. The van der Waals surface area contributed by atoms with Gasteiger partial charge in [0, 0.05) is 25.2 Å². The van der Waals surface area contributed by atoms with E-state index < -0.39 is 14.6 Å². The van der Waals surface area contributed by atoms with E-state index in [-0.39, 0.29) is 18.4 Å². The number of hydrogen-bond acceptors (Lipinski definition) is 8. The topological polar surface area (TPSA) is 129 Å². The van der Waals surface area contributed by atoms with Gasteiger partial charge in [0.05, 0.1) is 4.75 Å². The molecule has 21 heavy (non-hydrogen) atoms. The Morgan fingerprint density at radius 1 is 1.33 bits per heavy atom. The van der Waals surface area contributed by atoms with Crippen LogP contribution in [0.15, 0.2) is 18.7 Å². The fourth-order valence-corrected chi connectivity index (χ4v) is 1.71. The molecule has 2 aromatic rings. The van der Waals surface area contributed by atoms with E-state index in [0.717, 1.165) is 0 Å². The molecule has 0 atom stereocenters. The summed E-state index contributed by atoms with van der Waals surface area (Å²) in [7, 11) is -3.22. The number of rotatable bonds is 5. The SMILES string of the molecule is CC(C)(CNc1nc(N)nc(-n2ccnc2)n1)S(C)(=O)=O. The first-order valence-electron chi connectivity index (χ1n) is 6.12. The van der Waals surface area contributed by atoms with Crippen LogP contribution in [0.3, 0.4) is 0 Å². The third-order valence-electron chi connectivity index (χ3n) is 3.05. The molecule has 0 saturated carbocycles. The molecule has 0 aliphatic heterocycles. The predicted octanol–water partition coefficient (Wildman–Crippen LogP) is -0.125. The van der Waals surface area contributed by atoms with Gasteiger partial charge in [0.15, 0.2) is 9.84 Å². The Balaban J connectivity index is 2.22. The number of nitrogens with one attached hydrogen (secondary N) is 1. The van der Waals surface area contributed by atoms with E-state index in [1.165, 1.54) is 12.6 Å². The number of nitrogens with zero attached hydrogens (tertiary/aromatic N) is 5. The molecular weight excluding hydrogens is 294 g/mol. The molecule has 114 valence electrons. The molecule has 0 unspecified atom stereocenters. The second-order valence-corrected chi connectivity index (χ2v) is 7.82. The minimum Gasteiger partial charge on any atom is -0.368 e. The summed E-state index contributed by atoms with van der Waals surface area (Å²) in [4.78, 5) is 16.0. The maximum Gasteiger partial charge on any atom is 0.241 e. The van der Waals surface area contributed by atoms with Crippen LogP contribution in [0.4, 0.5) is 11.9 Å². The highest BCUT2D eigenvalue weighted by atomic mass is 32.2. The molecule has 0 fully saturated rings. The number of aromatic nitrogens is 5. The number of anilines is 2. The molecule has 0 spiro atoms. The number of imidazole rings is 1. The van der Waals surface area contributed by atoms with Crippen LogP contribution in [0.2, 0.25) is 0 Å². The molecule has 0 saturated heterocycles. The highest BCUT2D eigenvalue weighted by molar-refractivity contribution is 7.92. The van der Waals surface area contributed by atoms with Crippen LogP contribution in [0.1, 0.15) is 13.8 Å². The second-order valence-electron chi connectivity index (χ2n) is 5.17. The molecule has 2 rings (SSSR count). The van der Waals surface area contributed by atoms with Crippen molar-refractivity contribution in [2.75, 3.05) is 23.9 Å². The molecule has 0 bridgehead atoms. The first kappa shape index (κ1) is 15.2. The first-order valence-corrected chi connectivity index (χ1v) is 8.01. The van der Waals surface area contributed by atoms with Gasteiger partial charge in [0.1, 0.15) is 6.33 Å². The summed E-state index contributed by atoms with van der Waals surface area (Å²) >= 11 is 0. The molecule has 2 aromatic heterocycles. The van der Waals surface area contributed by atoms with Crippen molar-refractivity contribution in [2.45, 2.75) is 18.6 Å². The molecule has 0 radical (unpaired) electrons. The molecule has 3 N–H and O–H groups in total. The van der Waals surface area contributed by atoms with Gasteiger partial charge < -0.3 is 11.1 Å². The summed E-state index contributed by atoms with van der Waals surface area (Å²) in [5, 5.41) is 2.88. The Morgan fingerprint density at radius 2 is 2.05 bits per heavy atom. The van der Waals surface area contributed by atoms with Gasteiger partial charge in [-0.25, -0.2) is 13.4 Å². The van der Waals surface area contributed by atoms with Crippen molar-refractivity contribution in [2.24, 2.45) is 0 Å². The normalized spacial score (nSPS) is 12.3. The minimum absolute atomic E-state index is 0.0355. The standard InChI is InChI=1S/C11H17N7O2S/c1-11(2,21(3,19)20)6-14-9-15-8(12)16-10(17-9)18-5-4-13-7-18/h4-5,7H,6H2,1-3H3,(H3,12,14,15,16,17). The van der Waals surface area contributed by atoms with Crippen molar-refractivity contribution in [3.05, 3.63) is 18.7 Å². The third kappa shape index (κ3) is 3.45. The van der Waals surface area contributed by atoms with E-state index in [9.17, 15) is 8.42 Å². The second kappa shape index (κ2) is 5.28. The van der Waals surface area contributed by atoms with E-state index in [2.05, 4.69) is 25.3 Å². The zero-order chi connectivity index (χ0) is 15.7. The summed E-state index contributed by atoms with van der Waals surface area (Å²) in [6.45, 7) is 3.39. The van der Waals surface area contributed by atoms with Crippen molar-refractivity contribution in [3.63, 3.8) is 0 Å². The Labute approximate surface area is 122 Å². The zero-order valence-corrected chi connectivity index (χ0v) is 12.8. The maximum absolute atomic E-state index is 11.7. The van der Waals surface area contributed by atoms with Crippen LogP contribution in [0.5, 0.6) is 0 Å². The van der Waals surface area contributed by atoms with Crippen molar-refractivity contribution in [1.29, 1.82) is 0 Å². The van der Waals surface area contributed by atoms with Gasteiger partial charge in [0.2, 0.25) is 17.8 Å². The van der Waals surface area contributed by atoms with Crippen molar-refractivity contribution in [3.8, 4) is 5.95 Å². The monoisotopic (exact) mass is 311 g/mol. The lowest BCUT2D eigenvalue weighted by Crippen LogP contribution is -2.38. The van der Waals surface area contributed by atoms with Crippen LogP contribution in [-0.4, -0.2) is 50.5 Å². The summed E-state index contributed by atoms with van der Waals surface area (Å²) in [5.74, 6) is 0.552. The Kier molecular flexibility index (Phi) is 3.81. The Hall–Kier alpha value is -2.23. The molecule has 10 heteroatoms. The molecule has 0 aliphatic rings. The first-order chi connectivity index (χ1) is 9.69. The molecule has 0 aromatic carbocycles. The Bertz CT molecular complexity index is 725. The highest BCUT2D eigenvalue weighted by Gasteiger charge is 2.30. The van der Waals surface area contributed by atoms with Crippen LogP contribution in [-0.2, 0) is 9.84 Å². The summed E-state index contributed by atoms with van der Waals surface area (Å²) in [6.07, 6.45) is 5.96. The largest absolute Gasteiger partial charge is 0.368 e. The van der Waals surface area contributed by atoms with Crippen LogP contribution in [0.25, 0.3) is 5.95 Å². The van der Waals surface area contributed by atoms with E-state index in [0.29, 0.717) is 5.95 Å². The average molecular weight is 311 g/mol. The van der Waals surface area contributed by atoms with E-state index in [1.54, 1.807) is 30.8 Å². The van der Waals surface area contributed by atoms with Crippen LogP contribution >= 0.6 is 0 Å². The lowest BCUT2D eigenvalue weighted by atomic mass is 10.2. The van der Waals surface area contributed by atoms with Crippen LogP contribution < -0.4 is 11.1 Å². The van der Waals surface area contributed by atoms with Crippen molar-refractivity contribution < 1.29 is 8.42 Å². The number of hydrogen-bond donors (Lipinski definition) is 2. The van der Waals surface area contributed by atoms with E-state index >= 15 is 0 Å². The fourth-order valence-electron chi connectivity index (χ4n) is 1.38. The van der Waals surface area contributed by atoms with Crippen molar-refractivity contribution in [1.82, 2.24) is 24.5 Å². The summed E-state index contributed by atoms with van der Waals surface area (Å²) < 4.78 is 23.9. The lowest BCUT2D eigenvalue weighted by Gasteiger charge is -2.22. The predicted molar refractivity (Wildman–Crippen MR) is 78.8 cm³/mol. The Morgan fingerprint density at radius 3 is 2.62 bits per heavy atom. The van der Waals surface area contributed by atoms with E-state index in [1.807, 2.05) is 0 Å². The number of nitrogens with two attached hydrogens (primary N) is 1. The van der Waals surface area contributed by atoms with Crippen molar-refractivity contribution >= 4 is 21.7 Å². The summed E-state index contributed by atoms with van der Waals surface area (Å²) in [5.41, 5.74) is 5.64. The van der Waals surface area contributed by atoms with Crippen LogP contribution in [0, 0.1) is 0 Å². The number of nitrogen functional groups attached to an aromatic ring is 1. The van der Waals surface area contributed by atoms with Gasteiger partial charge in [-0.1, -0.05) is 0 Å². The summed E-state index contributed by atoms with van der Waals surface area (Å²) in [6, 6.07) is 0. The van der Waals surface area contributed by atoms with Gasteiger partial charge >= 0.3 is 0 Å². The molecule has 9 nitrogen and oxygen atoms in total. The van der Waals surface area contributed by atoms with Gasteiger partial charge in [-0.3, -0.25) is 4.57 Å². The van der Waals surface area contributed by atoms with Gasteiger partial charge in [-0.05, 0) is 13.8 Å².